The quantitative estimate of drug-likeness (QED) is 0.863. The number of ether oxygens (including phenoxy) is 1. The van der Waals surface area contributed by atoms with E-state index in [1.807, 2.05) is 19.1 Å². The summed E-state index contributed by atoms with van der Waals surface area (Å²) in [5, 5.41) is 0. The summed E-state index contributed by atoms with van der Waals surface area (Å²) < 4.78 is 18.1. The van der Waals surface area contributed by atoms with Crippen molar-refractivity contribution in [3.05, 3.63) is 53.6 Å². The smallest absolute Gasteiger partial charge is 0.120 e. The molecule has 0 saturated carbocycles. The summed E-state index contributed by atoms with van der Waals surface area (Å²) in [5.41, 5.74) is 9.24. The Morgan fingerprint density at radius 3 is 2.86 bits per heavy atom. The predicted octanol–water partition coefficient (Wildman–Crippen LogP) is 3.12. The molecule has 21 heavy (non-hydrogen) atoms. The van der Waals surface area contributed by atoms with E-state index in [9.17, 15) is 4.21 Å². The van der Waals surface area contributed by atoms with E-state index in [2.05, 4.69) is 18.2 Å². The van der Waals surface area contributed by atoms with Crippen LogP contribution in [0.15, 0.2) is 47.4 Å². The summed E-state index contributed by atoms with van der Waals surface area (Å²) in [5.74, 6) is 1.72. The molecule has 2 unspecified atom stereocenters. The molecule has 1 aliphatic carbocycles. The Balaban J connectivity index is 1.76. The first-order valence-corrected chi connectivity index (χ1v) is 8.49. The van der Waals surface area contributed by atoms with E-state index in [0.717, 1.165) is 12.2 Å². The van der Waals surface area contributed by atoms with Crippen LogP contribution >= 0.6 is 0 Å². The molecule has 4 heteroatoms. The number of fused-ring (bicyclic) bond motifs is 1. The van der Waals surface area contributed by atoms with Gasteiger partial charge in [-0.15, -0.1) is 0 Å². The van der Waals surface area contributed by atoms with Crippen molar-refractivity contribution in [2.24, 2.45) is 0 Å². The molecule has 0 amide bonds. The second kappa shape index (κ2) is 5.90. The summed E-state index contributed by atoms with van der Waals surface area (Å²) in [6.45, 7) is 2.52. The van der Waals surface area contributed by atoms with Gasteiger partial charge < -0.3 is 10.5 Å². The fraction of sp³-hybridized carbons (Fsp3) is 0.294. The average Bonchev–Trinajstić information content (AvgIpc) is 2.47. The zero-order valence-corrected chi connectivity index (χ0v) is 12.9. The van der Waals surface area contributed by atoms with Gasteiger partial charge in [0.2, 0.25) is 0 Å². The highest BCUT2D eigenvalue weighted by molar-refractivity contribution is 7.85. The van der Waals surface area contributed by atoms with Crippen molar-refractivity contribution < 1.29 is 8.95 Å². The van der Waals surface area contributed by atoms with Gasteiger partial charge in [-0.3, -0.25) is 4.21 Å². The molecule has 0 radical (unpaired) electrons. The molecular weight excluding hydrogens is 282 g/mol. The number of rotatable bonds is 5. The van der Waals surface area contributed by atoms with Crippen molar-refractivity contribution in [3.63, 3.8) is 0 Å². The Bertz CT molecular complexity index is 684. The molecule has 0 bridgehead atoms. The molecule has 2 N–H and O–H groups in total. The van der Waals surface area contributed by atoms with Crippen LogP contribution in [-0.2, 0) is 17.2 Å². The van der Waals surface area contributed by atoms with Gasteiger partial charge in [-0.2, -0.15) is 0 Å². The second-order valence-electron chi connectivity index (χ2n) is 5.24. The summed E-state index contributed by atoms with van der Waals surface area (Å²) in [6.07, 6.45) is 1.01. The summed E-state index contributed by atoms with van der Waals surface area (Å²) >= 11 is 0. The van der Waals surface area contributed by atoms with Crippen LogP contribution in [0.5, 0.6) is 5.75 Å². The lowest BCUT2D eigenvalue weighted by molar-refractivity contribution is 0.339. The third-order valence-electron chi connectivity index (χ3n) is 3.86. The molecule has 2 atom stereocenters. The summed E-state index contributed by atoms with van der Waals surface area (Å²) in [6, 6.07) is 13.7. The molecule has 0 heterocycles. The van der Waals surface area contributed by atoms with Gasteiger partial charge in [-0.05, 0) is 42.7 Å². The van der Waals surface area contributed by atoms with E-state index >= 15 is 0 Å². The highest BCUT2D eigenvalue weighted by Gasteiger charge is 2.27. The lowest BCUT2D eigenvalue weighted by Gasteiger charge is -2.29. The molecule has 0 spiro atoms. The van der Waals surface area contributed by atoms with Crippen molar-refractivity contribution >= 4 is 16.5 Å². The minimum Gasteiger partial charge on any atom is -0.494 e. The van der Waals surface area contributed by atoms with E-state index in [4.69, 9.17) is 10.5 Å². The van der Waals surface area contributed by atoms with Gasteiger partial charge in [-0.1, -0.05) is 24.3 Å². The molecular formula is C17H19NO2S. The molecule has 0 saturated heterocycles. The summed E-state index contributed by atoms with van der Waals surface area (Å²) in [4.78, 5) is 0.685. The zero-order chi connectivity index (χ0) is 14.8. The maximum absolute atomic E-state index is 12.6. The van der Waals surface area contributed by atoms with E-state index in [1.54, 1.807) is 12.1 Å². The maximum atomic E-state index is 12.6. The Kier molecular flexibility index (Phi) is 3.97. The van der Waals surface area contributed by atoms with Crippen molar-refractivity contribution in [1.82, 2.24) is 0 Å². The van der Waals surface area contributed by atoms with Crippen LogP contribution in [0.3, 0.4) is 0 Å². The van der Waals surface area contributed by atoms with Crippen LogP contribution in [0.2, 0.25) is 0 Å². The van der Waals surface area contributed by atoms with Crippen molar-refractivity contribution in [2.45, 2.75) is 24.2 Å². The molecule has 0 fully saturated rings. The third kappa shape index (κ3) is 2.81. The SMILES string of the molecule is CCOc1ccc(N)c(S(=O)CC2Cc3ccccc32)c1. The summed E-state index contributed by atoms with van der Waals surface area (Å²) in [7, 11) is -1.10. The van der Waals surface area contributed by atoms with Crippen LogP contribution < -0.4 is 10.5 Å². The predicted molar refractivity (Wildman–Crippen MR) is 86.2 cm³/mol. The first-order valence-electron chi connectivity index (χ1n) is 7.17. The van der Waals surface area contributed by atoms with Gasteiger partial charge in [0, 0.05) is 17.4 Å². The number of hydrogen-bond donors (Lipinski definition) is 1. The minimum absolute atomic E-state index is 0.372. The molecule has 0 aliphatic heterocycles. The molecule has 1 aliphatic rings. The van der Waals surface area contributed by atoms with Gasteiger partial charge in [-0.25, -0.2) is 0 Å². The van der Waals surface area contributed by atoms with E-state index in [-0.39, 0.29) is 0 Å². The van der Waals surface area contributed by atoms with Crippen LogP contribution in [0.1, 0.15) is 24.0 Å². The number of anilines is 1. The number of nitrogens with two attached hydrogens (primary N) is 1. The zero-order valence-electron chi connectivity index (χ0n) is 12.0. The largest absolute Gasteiger partial charge is 0.494 e. The lowest BCUT2D eigenvalue weighted by Crippen LogP contribution is -2.22. The normalized spacial score (nSPS) is 17.7. The van der Waals surface area contributed by atoms with Crippen molar-refractivity contribution in [2.75, 3.05) is 18.1 Å². The highest BCUT2D eigenvalue weighted by atomic mass is 32.2. The third-order valence-corrected chi connectivity index (χ3v) is 5.40. The van der Waals surface area contributed by atoms with Gasteiger partial charge in [0.25, 0.3) is 0 Å². The van der Waals surface area contributed by atoms with Crippen molar-refractivity contribution in [1.29, 1.82) is 0 Å². The molecule has 0 aromatic heterocycles. The van der Waals surface area contributed by atoms with Crippen LogP contribution in [0.25, 0.3) is 0 Å². The Labute approximate surface area is 127 Å². The van der Waals surface area contributed by atoms with Gasteiger partial charge in [0.15, 0.2) is 0 Å². The first-order chi connectivity index (χ1) is 10.2. The maximum Gasteiger partial charge on any atom is 0.120 e. The Morgan fingerprint density at radius 1 is 1.29 bits per heavy atom. The minimum atomic E-state index is -1.10. The highest BCUT2D eigenvalue weighted by Crippen LogP contribution is 2.36. The Hall–Kier alpha value is -1.81. The van der Waals surface area contributed by atoms with Gasteiger partial charge >= 0.3 is 0 Å². The average molecular weight is 301 g/mol. The molecule has 2 aromatic rings. The van der Waals surface area contributed by atoms with Gasteiger partial charge in [0.1, 0.15) is 5.75 Å². The lowest BCUT2D eigenvalue weighted by atomic mass is 9.79. The van der Waals surface area contributed by atoms with Crippen LogP contribution in [-0.4, -0.2) is 16.6 Å². The topological polar surface area (TPSA) is 52.3 Å². The Morgan fingerprint density at radius 2 is 2.10 bits per heavy atom. The van der Waals surface area contributed by atoms with E-state index < -0.39 is 10.8 Å². The number of hydrogen-bond acceptors (Lipinski definition) is 3. The fourth-order valence-electron chi connectivity index (χ4n) is 2.75. The van der Waals surface area contributed by atoms with Crippen LogP contribution in [0.4, 0.5) is 5.69 Å². The molecule has 3 rings (SSSR count). The molecule has 2 aromatic carbocycles. The monoisotopic (exact) mass is 301 g/mol. The van der Waals surface area contributed by atoms with Crippen molar-refractivity contribution in [3.8, 4) is 5.75 Å². The van der Waals surface area contributed by atoms with E-state index in [0.29, 0.717) is 28.9 Å². The van der Waals surface area contributed by atoms with Gasteiger partial charge in [0.05, 0.1) is 22.3 Å². The second-order valence-corrected chi connectivity index (χ2v) is 6.71. The first kappa shape index (κ1) is 14.1. The standard InChI is InChI=1S/C17H19NO2S/c1-2-20-14-7-8-16(18)17(10-14)21(19)11-13-9-12-5-3-4-6-15(12)13/h3-8,10,13H,2,9,11,18H2,1H3. The fourth-order valence-corrected chi connectivity index (χ4v) is 4.17. The molecule has 110 valence electrons. The van der Waals surface area contributed by atoms with Crippen LogP contribution in [0, 0.1) is 0 Å². The number of benzene rings is 2. The van der Waals surface area contributed by atoms with E-state index in [1.165, 1.54) is 11.1 Å². The molecule has 3 nitrogen and oxygen atoms in total. The number of nitrogen functional groups attached to an aromatic ring is 1.